The fourth-order valence-corrected chi connectivity index (χ4v) is 3.12. The maximum atomic E-state index is 12.6. The molecule has 1 saturated heterocycles. The van der Waals surface area contributed by atoms with Gasteiger partial charge in [-0.3, -0.25) is 9.59 Å². The summed E-state index contributed by atoms with van der Waals surface area (Å²) < 4.78 is 5.94. The largest absolute Gasteiger partial charge is 0.378 e. The van der Waals surface area contributed by atoms with E-state index in [1.54, 1.807) is 23.1 Å². The van der Waals surface area contributed by atoms with Crippen molar-refractivity contribution in [2.45, 2.75) is 0 Å². The Morgan fingerprint density at radius 1 is 1.09 bits per heavy atom. The number of amides is 2. The second-order valence-electron chi connectivity index (χ2n) is 4.81. The van der Waals surface area contributed by atoms with Gasteiger partial charge in [-0.2, -0.15) is 0 Å². The lowest BCUT2D eigenvalue weighted by Gasteiger charge is -2.29. The third kappa shape index (κ3) is 2.65. The molecule has 5 nitrogen and oxygen atoms in total. The molecular formula is C14H11BrCl2N2O3. The third-order valence-electron chi connectivity index (χ3n) is 3.49. The van der Waals surface area contributed by atoms with Crippen molar-refractivity contribution >= 4 is 56.6 Å². The predicted octanol–water partition coefficient (Wildman–Crippen LogP) is 2.76. The summed E-state index contributed by atoms with van der Waals surface area (Å²) in [6.07, 6.45) is 0. The predicted molar refractivity (Wildman–Crippen MR) is 86.9 cm³/mol. The fourth-order valence-electron chi connectivity index (χ4n) is 2.41. The summed E-state index contributed by atoms with van der Waals surface area (Å²) >= 11 is 15.4. The molecule has 3 rings (SSSR count). The number of anilines is 1. The average molecular weight is 406 g/mol. The van der Waals surface area contributed by atoms with Crippen LogP contribution in [0.1, 0.15) is 0 Å². The Kier molecular flexibility index (Phi) is 4.45. The number of hydrogen-bond donors (Lipinski definition) is 0. The molecule has 0 spiro atoms. The highest BCUT2D eigenvalue weighted by Gasteiger charge is 2.41. The van der Waals surface area contributed by atoms with E-state index in [4.69, 9.17) is 27.9 Å². The summed E-state index contributed by atoms with van der Waals surface area (Å²) in [6.45, 7) is 2.05. The van der Waals surface area contributed by atoms with E-state index in [-0.39, 0.29) is 10.7 Å². The van der Waals surface area contributed by atoms with Crippen molar-refractivity contribution in [3.63, 3.8) is 0 Å². The minimum atomic E-state index is -0.536. The van der Waals surface area contributed by atoms with Gasteiger partial charge in [0.05, 0.1) is 23.9 Å². The third-order valence-corrected chi connectivity index (χ3v) is 5.07. The highest BCUT2D eigenvalue weighted by molar-refractivity contribution is 9.10. The number of ether oxygens (including phenoxy) is 1. The molecule has 0 aliphatic carbocycles. The van der Waals surface area contributed by atoms with Crippen LogP contribution in [0.4, 0.5) is 5.69 Å². The van der Waals surface area contributed by atoms with Gasteiger partial charge in [0.15, 0.2) is 0 Å². The van der Waals surface area contributed by atoms with Crippen molar-refractivity contribution in [3.05, 3.63) is 38.4 Å². The minimum absolute atomic E-state index is 0.0639. The van der Waals surface area contributed by atoms with Crippen LogP contribution in [0.5, 0.6) is 0 Å². The Morgan fingerprint density at radius 2 is 1.77 bits per heavy atom. The molecule has 8 heteroatoms. The van der Waals surface area contributed by atoms with E-state index in [1.165, 1.54) is 0 Å². The molecule has 22 heavy (non-hydrogen) atoms. The Bertz CT molecular complexity index is 687. The van der Waals surface area contributed by atoms with Crippen molar-refractivity contribution in [2.24, 2.45) is 0 Å². The van der Waals surface area contributed by atoms with Gasteiger partial charge >= 0.3 is 0 Å². The molecule has 0 unspecified atom stereocenters. The Hall–Kier alpha value is -1.08. The second-order valence-corrected chi connectivity index (χ2v) is 6.45. The van der Waals surface area contributed by atoms with Gasteiger partial charge in [0.25, 0.3) is 11.8 Å². The lowest BCUT2D eigenvalue weighted by Crippen LogP contribution is -2.40. The van der Waals surface area contributed by atoms with Crippen LogP contribution in [0.2, 0.25) is 5.02 Å². The first-order valence-electron chi connectivity index (χ1n) is 6.57. The molecule has 0 bridgehead atoms. The smallest absolute Gasteiger partial charge is 0.283 e. The molecule has 1 aromatic rings. The number of benzene rings is 1. The number of halogens is 3. The molecule has 2 amide bonds. The van der Waals surface area contributed by atoms with Crippen LogP contribution in [-0.4, -0.2) is 43.0 Å². The van der Waals surface area contributed by atoms with Crippen molar-refractivity contribution in [1.82, 2.24) is 4.90 Å². The second kappa shape index (κ2) is 6.20. The van der Waals surface area contributed by atoms with Crippen molar-refractivity contribution in [1.29, 1.82) is 0 Å². The highest BCUT2D eigenvalue weighted by atomic mass is 79.9. The molecule has 0 N–H and O–H groups in total. The topological polar surface area (TPSA) is 49.9 Å². The summed E-state index contributed by atoms with van der Waals surface area (Å²) in [6, 6.07) is 4.87. The van der Waals surface area contributed by atoms with Crippen LogP contribution in [-0.2, 0) is 14.3 Å². The monoisotopic (exact) mass is 404 g/mol. The first-order valence-corrected chi connectivity index (χ1v) is 8.12. The van der Waals surface area contributed by atoms with Gasteiger partial charge in [-0.15, -0.1) is 0 Å². The summed E-state index contributed by atoms with van der Waals surface area (Å²) in [4.78, 5) is 27.8. The standard InChI is InChI=1S/C14H11BrCl2N2O3/c15-9-2-1-8(7-10(9)16)19-13(20)11(17)12(14(19)21)18-3-5-22-6-4-18/h1-2,7H,3-6H2. The van der Waals surface area contributed by atoms with E-state index >= 15 is 0 Å². The van der Waals surface area contributed by atoms with E-state index in [2.05, 4.69) is 15.9 Å². The quantitative estimate of drug-likeness (QED) is 0.710. The molecule has 2 aliphatic rings. The van der Waals surface area contributed by atoms with Crippen LogP contribution in [0, 0.1) is 0 Å². The molecule has 1 aromatic carbocycles. The van der Waals surface area contributed by atoms with Crippen molar-refractivity contribution in [3.8, 4) is 0 Å². The lowest BCUT2D eigenvalue weighted by atomic mass is 10.3. The number of nitrogens with zero attached hydrogens (tertiary/aromatic N) is 2. The molecule has 2 heterocycles. The van der Waals surface area contributed by atoms with Gasteiger partial charge in [-0.1, -0.05) is 23.2 Å². The van der Waals surface area contributed by atoms with E-state index < -0.39 is 11.8 Å². The van der Waals surface area contributed by atoms with Crippen LogP contribution in [0.25, 0.3) is 0 Å². The summed E-state index contributed by atoms with van der Waals surface area (Å²) in [5, 5.41) is 0.347. The lowest BCUT2D eigenvalue weighted by molar-refractivity contribution is -0.121. The average Bonchev–Trinajstić information content (AvgIpc) is 2.73. The van der Waals surface area contributed by atoms with Crippen LogP contribution in [0.15, 0.2) is 33.4 Å². The fraction of sp³-hybridized carbons (Fsp3) is 0.286. The first kappa shape index (κ1) is 15.8. The van der Waals surface area contributed by atoms with Crippen LogP contribution >= 0.6 is 39.1 Å². The zero-order chi connectivity index (χ0) is 15.9. The number of rotatable bonds is 2. The van der Waals surface area contributed by atoms with Gasteiger partial charge in [0.2, 0.25) is 0 Å². The highest BCUT2D eigenvalue weighted by Crippen LogP contribution is 2.34. The van der Waals surface area contributed by atoms with Gasteiger partial charge in [-0.05, 0) is 34.1 Å². The maximum absolute atomic E-state index is 12.6. The number of imide groups is 1. The molecule has 2 aliphatic heterocycles. The molecule has 0 atom stereocenters. The zero-order valence-electron chi connectivity index (χ0n) is 11.3. The number of carbonyl (C=O) groups is 2. The molecule has 0 saturated carbocycles. The SMILES string of the molecule is O=C1C(Cl)=C(N2CCOCC2)C(=O)N1c1ccc(Br)c(Cl)c1. The molecule has 0 radical (unpaired) electrons. The summed E-state index contributed by atoms with van der Waals surface area (Å²) in [5.41, 5.74) is 0.624. The van der Waals surface area contributed by atoms with Crippen LogP contribution < -0.4 is 4.90 Å². The zero-order valence-corrected chi connectivity index (χ0v) is 14.4. The Labute approximate surface area is 145 Å². The number of morpholine rings is 1. The summed E-state index contributed by atoms with van der Waals surface area (Å²) in [7, 11) is 0. The van der Waals surface area contributed by atoms with Gasteiger partial charge in [0.1, 0.15) is 10.7 Å². The first-order chi connectivity index (χ1) is 10.5. The normalized spacial score (nSPS) is 19.4. The van der Waals surface area contributed by atoms with Gasteiger partial charge in [-0.25, -0.2) is 4.90 Å². The maximum Gasteiger partial charge on any atom is 0.283 e. The number of carbonyl (C=O) groups excluding carboxylic acids is 2. The minimum Gasteiger partial charge on any atom is -0.378 e. The Balaban J connectivity index is 1.94. The Morgan fingerprint density at radius 3 is 2.41 bits per heavy atom. The number of hydrogen-bond acceptors (Lipinski definition) is 4. The molecule has 116 valence electrons. The van der Waals surface area contributed by atoms with E-state index in [0.29, 0.717) is 41.5 Å². The molecule has 1 fully saturated rings. The van der Waals surface area contributed by atoms with Crippen molar-refractivity contribution < 1.29 is 14.3 Å². The van der Waals surface area contributed by atoms with Crippen LogP contribution in [0.3, 0.4) is 0 Å². The van der Waals surface area contributed by atoms with Gasteiger partial charge in [0, 0.05) is 17.6 Å². The summed E-state index contributed by atoms with van der Waals surface area (Å²) in [5.74, 6) is -0.971. The van der Waals surface area contributed by atoms with Gasteiger partial charge < -0.3 is 9.64 Å². The van der Waals surface area contributed by atoms with E-state index in [0.717, 1.165) is 4.90 Å². The van der Waals surface area contributed by atoms with E-state index in [9.17, 15) is 9.59 Å². The molecule has 0 aromatic heterocycles. The molecular weight excluding hydrogens is 395 g/mol. The van der Waals surface area contributed by atoms with Crippen molar-refractivity contribution in [2.75, 3.05) is 31.2 Å². The van der Waals surface area contributed by atoms with E-state index in [1.807, 2.05) is 0 Å².